The van der Waals surface area contributed by atoms with E-state index in [0.717, 1.165) is 4.68 Å². The van der Waals surface area contributed by atoms with Gasteiger partial charge in [0.2, 0.25) is 0 Å². The number of benzene rings is 1. The second kappa shape index (κ2) is 5.69. The van der Waals surface area contributed by atoms with Gasteiger partial charge in [0.25, 0.3) is 11.1 Å². The molecule has 1 N–H and O–H groups in total. The summed E-state index contributed by atoms with van der Waals surface area (Å²) in [5.74, 6) is 0.455. The van der Waals surface area contributed by atoms with Gasteiger partial charge in [-0.15, -0.1) is 0 Å². The van der Waals surface area contributed by atoms with Crippen molar-refractivity contribution in [1.82, 2.24) is 9.78 Å². The smallest absolute Gasteiger partial charge is 0.265 e. The lowest BCUT2D eigenvalue weighted by atomic mass is 10.2. The first kappa shape index (κ1) is 12.6. The standard InChI is InChI=1S/C13H11N3O3/c14-9-10-3-1-2-4-11(10)19-8-7-16-13(18)6-5-12(17)15-16/h1-6H,7-8H2,(H,15,17). The molecule has 1 aromatic heterocycles. The number of rotatable bonds is 4. The lowest BCUT2D eigenvalue weighted by Crippen LogP contribution is -2.29. The van der Waals surface area contributed by atoms with E-state index in [9.17, 15) is 9.59 Å². The predicted octanol–water partition coefficient (Wildman–Crippen LogP) is 0.487. The van der Waals surface area contributed by atoms with Gasteiger partial charge in [-0.3, -0.25) is 14.7 Å². The molecule has 0 fully saturated rings. The van der Waals surface area contributed by atoms with Crippen LogP contribution in [0.2, 0.25) is 0 Å². The molecule has 6 nitrogen and oxygen atoms in total. The molecule has 0 aliphatic rings. The number of aromatic nitrogens is 2. The average Bonchev–Trinajstić information content (AvgIpc) is 2.43. The fourth-order valence-electron chi connectivity index (χ4n) is 1.56. The Morgan fingerprint density at radius 2 is 2.00 bits per heavy atom. The van der Waals surface area contributed by atoms with E-state index in [4.69, 9.17) is 10.00 Å². The van der Waals surface area contributed by atoms with Gasteiger partial charge in [-0.25, -0.2) is 4.68 Å². The van der Waals surface area contributed by atoms with Crippen LogP contribution in [0.4, 0.5) is 0 Å². The van der Waals surface area contributed by atoms with E-state index in [1.165, 1.54) is 12.1 Å². The summed E-state index contributed by atoms with van der Waals surface area (Å²) >= 11 is 0. The van der Waals surface area contributed by atoms with Gasteiger partial charge in [0, 0.05) is 12.1 Å². The molecule has 2 aromatic rings. The van der Waals surface area contributed by atoms with Crippen LogP contribution in [-0.2, 0) is 6.54 Å². The molecule has 0 bridgehead atoms. The molecule has 0 aliphatic carbocycles. The predicted molar refractivity (Wildman–Crippen MR) is 68.0 cm³/mol. The van der Waals surface area contributed by atoms with Crippen LogP contribution in [0.15, 0.2) is 46.0 Å². The number of nitrogens with zero attached hydrogens (tertiary/aromatic N) is 2. The number of hydrogen-bond donors (Lipinski definition) is 1. The Morgan fingerprint density at radius 1 is 1.21 bits per heavy atom. The second-order valence-corrected chi connectivity index (χ2v) is 3.76. The Morgan fingerprint density at radius 3 is 2.79 bits per heavy atom. The molecule has 0 aliphatic heterocycles. The third-order valence-electron chi connectivity index (χ3n) is 2.47. The monoisotopic (exact) mass is 257 g/mol. The van der Waals surface area contributed by atoms with Gasteiger partial charge in [-0.2, -0.15) is 5.26 Å². The molecule has 0 saturated heterocycles. The SMILES string of the molecule is N#Cc1ccccc1OCCn1[nH]c(=O)ccc1=O. The molecule has 1 heterocycles. The average molecular weight is 257 g/mol. The first-order valence-electron chi connectivity index (χ1n) is 5.63. The molecule has 96 valence electrons. The third kappa shape index (κ3) is 3.10. The number of nitrogens with one attached hydrogen (secondary N) is 1. The van der Waals surface area contributed by atoms with Gasteiger partial charge < -0.3 is 4.74 Å². The maximum atomic E-state index is 11.4. The lowest BCUT2D eigenvalue weighted by Gasteiger charge is -2.08. The van der Waals surface area contributed by atoms with Crippen LogP contribution in [0.25, 0.3) is 0 Å². The summed E-state index contributed by atoms with van der Waals surface area (Å²) in [4.78, 5) is 22.5. The molecule has 0 atom stereocenters. The molecule has 6 heteroatoms. The Kier molecular flexibility index (Phi) is 3.78. The highest BCUT2D eigenvalue weighted by atomic mass is 16.5. The molecule has 0 spiro atoms. The van der Waals surface area contributed by atoms with Crippen LogP contribution in [0.5, 0.6) is 5.75 Å². The number of nitriles is 1. The topological polar surface area (TPSA) is 87.9 Å². The van der Waals surface area contributed by atoms with E-state index in [1.807, 2.05) is 6.07 Å². The molecule has 0 unspecified atom stereocenters. The number of H-pyrrole nitrogens is 1. The number of aromatic amines is 1. The highest BCUT2D eigenvalue weighted by Crippen LogP contribution is 2.16. The van der Waals surface area contributed by atoms with Crippen molar-refractivity contribution in [2.75, 3.05) is 6.61 Å². The van der Waals surface area contributed by atoms with Crippen LogP contribution in [0.3, 0.4) is 0 Å². The summed E-state index contributed by atoms with van der Waals surface area (Å²) in [7, 11) is 0. The summed E-state index contributed by atoms with van der Waals surface area (Å²) in [6.07, 6.45) is 0. The summed E-state index contributed by atoms with van der Waals surface area (Å²) in [5, 5.41) is 11.3. The van der Waals surface area contributed by atoms with Crippen LogP contribution in [-0.4, -0.2) is 16.4 Å². The maximum absolute atomic E-state index is 11.4. The van der Waals surface area contributed by atoms with Crippen LogP contribution >= 0.6 is 0 Å². The molecule has 1 aromatic carbocycles. The highest BCUT2D eigenvalue weighted by molar-refractivity contribution is 5.42. The largest absolute Gasteiger partial charge is 0.490 e. The molecule has 0 saturated carbocycles. The van der Waals surface area contributed by atoms with Crippen LogP contribution in [0.1, 0.15) is 5.56 Å². The van der Waals surface area contributed by atoms with Gasteiger partial charge in [-0.05, 0) is 12.1 Å². The fourth-order valence-corrected chi connectivity index (χ4v) is 1.56. The minimum Gasteiger partial charge on any atom is -0.490 e. The normalized spacial score (nSPS) is 9.84. The molecule has 0 amide bonds. The quantitative estimate of drug-likeness (QED) is 0.863. The number of para-hydroxylation sites is 1. The minimum atomic E-state index is -0.350. The second-order valence-electron chi connectivity index (χ2n) is 3.76. The first-order chi connectivity index (χ1) is 9.20. The number of hydrogen-bond acceptors (Lipinski definition) is 4. The molecular weight excluding hydrogens is 246 g/mol. The van der Waals surface area contributed by atoms with Crippen molar-refractivity contribution < 1.29 is 4.74 Å². The van der Waals surface area contributed by atoms with Crippen molar-refractivity contribution in [3.05, 3.63) is 62.7 Å². The Balaban J connectivity index is 2.05. The Bertz CT molecular complexity index is 725. The summed E-state index contributed by atoms with van der Waals surface area (Å²) in [6.45, 7) is 0.382. The van der Waals surface area contributed by atoms with Crippen molar-refractivity contribution >= 4 is 0 Å². The third-order valence-corrected chi connectivity index (χ3v) is 2.47. The highest BCUT2D eigenvalue weighted by Gasteiger charge is 2.02. The van der Waals surface area contributed by atoms with Gasteiger partial charge in [0.1, 0.15) is 18.4 Å². The first-order valence-corrected chi connectivity index (χ1v) is 5.63. The zero-order valence-electron chi connectivity index (χ0n) is 10.00. The van der Waals surface area contributed by atoms with Crippen LogP contribution < -0.4 is 15.9 Å². The molecule has 19 heavy (non-hydrogen) atoms. The van der Waals surface area contributed by atoms with Crippen molar-refractivity contribution in [3.8, 4) is 11.8 Å². The van der Waals surface area contributed by atoms with Crippen LogP contribution in [0, 0.1) is 11.3 Å². The van der Waals surface area contributed by atoms with E-state index >= 15 is 0 Å². The van der Waals surface area contributed by atoms with E-state index in [-0.39, 0.29) is 24.3 Å². The number of ether oxygens (including phenoxy) is 1. The van der Waals surface area contributed by atoms with E-state index in [1.54, 1.807) is 24.3 Å². The van der Waals surface area contributed by atoms with Crippen molar-refractivity contribution in [3.63, 3.8) is 0 Å². The molecule has 2 rings (SSSR count). The zero-order valence-corrected chi connectivity index (χ0v) is 10.00. The van der Waals surface area contributed by atoms with Crippen molar-refractivity contribution in [1.29, 1.82) is 5.26 Å². The van der Waals surface area contributed by atoms with Gasteiger partial charge >= 0.3 is 0 Å². The maximum Gasteiger partial charge on any atom is 0.265 e. The Hall–Kier alpha value is -2.81. The van der Waals surface area contributed by atoms with Gasteiger partial charge in [0.05, 0.1) is 12.1 Å². The Labute approximate surface area is 108 Å². The van der Waals surface area contributed by atoms with E-state index in [0.29, 0.717) is 11.3 Å². The van der Waals surface area contributed by atoms with Crippen molar-refractivity contribution in [2.24, 2.45) is 0 Å². The van der Waals surface area contributed by atoms with E-state index < -0.39 is 0 Å². The van der Waals surface area contributed by atoms with Gasteiger partial charge in [-0.1, -0.05) is 12.1 Å². The minimum absolute atomic E-state index is 0.179. The zero-order chi connectivity index (χ0) is 13.7. The van der Waals surface area contributed by atoms with Crippen molar-refractivity contribution in [2.45, 2.75) is 6.54 Å². The summed E-state index contributed by atoms with van der Waals surface area (Å²) in [5.41, 5.74) is -0.231. The molecule has 0 radical (unpaired) electrons. The summed E-state index contributed by atoms with van der Waals surface area (Å²) < 4.78 is 6.59. The fraction of sp³-hybridized carbons (Fsp3) is 0.154. The summed E-state index contributed by atoms with van der Waals surface area (Å²) in [6, 6.07) is 11.2. The molecular formula is C13H11N3O3. The van der Waals surface area contributed by atoms with E-state index in [2.05, 4.69) is 5.10 Å². The lowest BCUT2D eigenvalue weighted by molar-refractivity contribution is 0.286. The van der Waals surface area contributed by atoms with Gasteiger partial charge in [0.15, 0.2) is 0 Å².